The van der Waals surface area contributed by atoms with Crippen LogP contribution >= 0.6 is 11.3 Å². The molecule has 0 N–H and O–H groups in total. The molecule has 0 aliphatic rings. The van der Waals surface area contributed by atoms with Gasteiger partial charge in [0.25, 0.3) is 0 Å². The Morgan fingerprint density at radius 3 is 1.68 bits per heavy atom. The average molecular weight is 656 g/mol. The fourth-order valence-electron chi connectivity index (χ4n) is 7.21. The fourth-order valence-corrected chi connectivity index (χ4v) is 8.35. The van der Waals surface area contributed by atoms with Crippen molar-refractivity contribution in [3.63, 3.8) is 0 Å². The van der Waals surface area contributed by atoms with Crippen molar-refractivity contribution < 1.29 is 0 Å². The van der Waals surface area contributed by atoms with E-state index in [4.69, 9.17) is 9.97 Å². The van der Waals surface area contributed by atoms with Gasteiger partial charge in [-0.3, -0.25) is 0 Å². The number of hydrogen-bond acceptors (Lipinski definition) is 3. The van der Waals surface area contributed by atoms with Crippen LogP contribution in [0.5, 0.6) is 0 Å². The maximum absolute atomic E-state index is 5.24. The molecule has 0 radical (unpaired) electrons. The summed E-state index contributed by atoms with van der Waals surface area (Å²) in [7, 11) is 0. The highest BCUT2D eigenvalue weighted by atomic mass is 32.1. The number of fused-ring (bicyclic) bond motifs is 6. The van der Waals surface area contributed by atoms with Crippen LogP contribution in [0, 0.1) is 0 Å². The minimum absolute atomic E-state index is 0.735. The lowest BCUT2D eigenvalue weighted by Gasteiger charge is -2.10. The van der Waals surface area contributed by atoms with Gasteiger partial charge in [-0.25, -0.2) is 9.97 Å². The predicted octanol–water partition coefficient (Wildman–Crippen LogP) is 12.6. The fraction of sp³-hybridized carbons (Fsp3) is 0. The van der Waals surface area contributed by atoms with Crippen LogP contribution in [-0.4, -0.2) is 14.5 Å². The first-order valence-corrected chi connectivity index (χ1v) is 17.6. The molecule has 50 heavy (non-hydrogen) atoms. The van der Waals surface area contributed by atoms with Crippen LogP contribution in [0.1, 0.15) is 0 Å². The molecule has 0 aliphatic carbocycles. The third-order valence-corrected chi connectivity index (χ3v) is 10.8. The molecule has 10 aromatic rings. The van der Waals surface area contributed by atoms with E-state index in [9.17, 15) is 0 Å². The van der Waals surface area contributed by atoms with E-state index in [0.717, 1.165) is 49.5 Å². The van der Waals surface area contributed by atoms with Crippen molar-refractivity contribution in [1.29, 1.82) is 0 Å². The second-order valence-electron chi connectivity index (χ2n) is 12.6. The lowest BCUT2D eigenvalue weighted by atomic mass is 10.0. The predicted molar refractivity (Wildman–Crippen MR) is 211 cm³/mol. The van der Waals surface area contributed by atoms with E-state index in [-0.39, 0.29) is 0 Å². The first-order valence-electron chi connectivity index (χ1n) is 16.8. The number of hydrogen-bond donors (Lipinski definition) is 0. The molecule has 3 nitrogen and oxygen atoms in total. The standard InChI is InChI=1S/C46H29N3S/c1-3-12-30(13-4-1)31-22-24-32(25-23-31)43-45-44(48-46(47-43)33-14-5-2-6-15-33)39-29-35(26-27-42(39)50-45)34-16-11-17-36(28-34)49-40-20-9-7-18-37(40)38-19-8-10-21-41(38)49/h1-29H. The highest BCUT2D eigenvalue weighted by Crippen LogP contribution is 2.42. The molecule has 3 heterocycles. The number of aromatic nitrogens is 3. The Hall–Kier alpha value is -6.36. The number of benzene rings is 7. The summed E-state index contributed by atoms with van der Waals surface area (Å²) in [4.78, 5) is 10.4. The maximum Gasteiger partial charge on any atom is 0.160 e. The molecule has 0 bridgehead atoms. The average Bonchev–Trinajstić information content (AvgIpc) is 3.74. The Morgan fingerprint density at radius 1 is 0.400 bits per heavy atom. The molecule has 234 valence electrons. The SMILES string of the molecule is c1ccc(-c2ccc(-c3nc(-c4ccccc4)nc4c3sc3ccc(-c5cccc(-n6c7ccccc7c7ccccc76)c5)cc34)cc2)cc1. The molecule has 0 spiro atoms. The topological polar surface area (TPSA) is 30.7 Å². The lowest BCUT2D eigenvalue weighted by Crippen LogP contribution is -1.94. The van der Waals surface area contributed by atoms with Crippen LogP contribution in [0.4, 0.5) is 0 Å². The van der Waals surface area contributed by atoms with Gasteiger partial charge in [-0.15, -0.1) is 11.3 Å². The van der Waals surface area contributed by atoms with Crippen LogP contribution < -0.4 is 0 Å². The van der Waals surface area contributed by atoms with Gasteiger partial charge in [-0.2, -0.15) is 0 Å². The summed E-state index contributed by atoms with van der Waals surface area (Å²) in [5.41, 5.74) is 12.3. The van der Waals surface area contributed by atoms with Gasteiger partial charge in [0.1, 0.15) is 0 Å². The highest BCUT2D eigenvalue weighted by Gasteiger charge is 2.18. The molecule has 10 rings (SSSR count). The van der Waals surface area contributed by atoms with Crippen LogP contribution in [0.3, 0.4) is 0 Å². The van der Waals surface area contributed by atoms with Gasteiger partial charge in [0.2, 0.25) is 0 Å². The van der Waals surface area contributed by atoms with Crippen LogP contribution in [0.25, 0.3) is 92.7 Å². The zero-order chi connectivity index (χ0) is 33.0. The molecule has 0 atom stereocenters. The summed E-state index contributed by atoms with van der Waals surface area (Å²) in [5, 5.41) is 3.67. The van der Waals surface area contributed by atoms with Gasteiger partial charge < -0.3 is 4.57 Å². The van der Waals surface area contributed by atoms with E-state index in [1.807, 2.05) is 18.2 Å². The smallest absolute Gasteiger partial charge is 0.160 e. The third kappa shape index (κ3) is 4.73. The zero-order valence-electron chi connectivity index (χ0n) is 27.0. The number of rotatable bonds is 5. The minimum atomic E-state index is 0.735. The van der Waals surface area contributed by atoms with E-state index in [1.165, 1.54) is 43.2 Å². The molecule has 0 amide bonds. The first-order chi connectivity index (χ1) is 24.8. The van der Waals surface area contributed by atoms with Crippen molar-refractivity contribution in [2.45, 2.75) is 0 Å². The maximum atomic E-state index is 5.24. The summed E-state index contributed by atoms with van der Waals surface area (Å²) < 4.78 is 4.67. The van der Waals surface area contributed by atoms with Crippen molar-refractivity contribution >= 4 is 53.4 Å². The molecule has 0 aliphatic heterocycles. The lowest BCUT2D eigenvalue weighted by molar-refractivity contribution is 1.18. The van der Waals surface area contributed by atoms with Gasteiger partial charge in [-0.1, -0.05) is 140 Å². The van der Waals surface area contributed by atoms with E-state index in [1.54, 1.807) is 11.3 Å². The van der Waals surface area contributed by atoms with Crippen molar-refractivity contribution in [3.05, 3.63) is 176 Å². The van der Waals surface area contributed by atoms with Crippen molar-refractivity contribution in [1.82, 2.24) is 14.5 Å². The van der Waals surface area contributed by atoms with Crippen LogP contribution in [-0.2, 0) is 0 Å². The molecule has 0 fully saturated rings. The molecule has 0 unspecified atom stereocenters. The molecule has 0 saturated carbocycles. The summed E-state index contributed by atoms with van der Waals surface area (Å²) in [6.45, 7) is 0. The van der Waals surface area contributed by atoms with Gasteiger partial charge in [0, 0.05) is 37.7 Å². The van der Waals surface area contributed by atoms with Crippen LogP contribution in [0.2, 0.25) is 0 Å². The van der Waals surface area contributed by atoms with E-state index in [0.29, 0.717) is 0 Å². The molecular weight excluding hydrogens is 627 g/mol. The molecular formula is C46H29N3S. The molecule has 7 aromatic carbocycles. The summed E-state index contributed by atoms with van der Waals surface area (Å²) in [6, 6.07) is 62.6. The molecule has 4 heteroatoms. The number of nitrogens with zero attached hydrogens (tertiary/aromatic N) is 3. The third-order valence-electron chi connectivity index (χ3n) is 9.63. The van der Waals surface area contributed by atoms with Crippen molar-refractivity contribution in [2.75, 3.05) is 0 Å². The second-order valence-corrected chi connectivity index (χ2v) is 13.7. The zero-order valence-corrected chi connectivity index (χ0v) is 27.8. The van der Waals surface area contributed by atoms with Gasteiger partial charge in [-0.05, 0) is 58.7 Å². The van der Waals surface area contributed by atoms with Gasteiger partial charge in [0.05, 0.1) is 26.9 Å². The summed E-state index contributed by atoms with van der Waals surface area (Å²) >= 11 is 1.77. The monoisotopic (exact) mass is 655 g/mol. The molecule has 3 aromatic heterocycles. The number of thiophene rings is 1. The quantitative estimate of drug-likeness (QED) is 0.185. The highest BCUT2D eigenvalue weighted by molar-refractivity contribution is 7.26. The summed E-state index contributed by atoms with van der Waals surface area (Å²) in [5.74, 6) is 0.735. The van der Waals surface area contributed by atoms with E-state index in [2.05, 4.69) is 162 Å². The van der Waals surface area contributed by atoms with E-state index < -0.39 is 0 Å². The number of para-hydroxylation sites is 2. The van der Waals surface area contributed by atoms with Crippen LogP contribution in [0.15, 0.2) is 176 Å². The van der Waals surface area contributed by atoms with Crippen molar-refractivity contribution in [3.8, 4) is 50.6 Å². The van der Waals surface area contributed by atoms with Gasteiger partial charge >= 0.3 is 0 Å². The minimum Gasteiger partial charge on any atom is -0.309 e. The summed E-state index contributed by atoms with van der Waals surface area (Å²) in [6.07, 6.45) is 0. The Labute approximate surface area is 293 Å². The second kappa shape index (κ2) is 11.7. The largest absolute Gasteiger partial charge is 0.309 e. The van der Waals surface area contributed by atoms with Gasteiger partial charge in [0.15, 0.2) is 5.82 Å². The van der Waals surface area contributed by atoms with Crippen molar-refractivity contribution in [2.24, 2.45) is 0 Å². The normalized spacial score (nSPS) is 11.6. The Kier molecular flexibility index (Phi) is 6.68. The Morgan fingerprint density at radius 2 is 0.960 bits per heavy atom. The Balaban J connectivity index is 1.13. The van der Waals surface area contributed by atoms with E-state index >= 15 is 0 Å². The molecule has 0 saturated heterocycles. The first kappa shape index (κ1) is 28.6. The Bertz CT molecular complexity index is 2800.